The van der Waals surface area contributed by atoms with E-state index in [1.54, 1.807) is 38.1 Å². The second-order valence-electron chi connectivity index (χ2n) is 9.07. The highest BCUT2D eigenvalue weighted by Crippen LogP contribution is 2.35. The van der Waals surface area contributed by atoms with E-state index in [2.05, 4.69) is 5.32 Å². The molecule has 2 N–H and O–H groups in total. The Balaban J connectivity index is 1.60. The van der Waals surface area contributed by atoms with Crippen LogP contribution in [-0.2, 0) is 33.3 Å². The molecule has 202 valence electrons. The average Bonchev–Trinajstić information content (AvgIpc) is 3.35. The molecule has 0 bridgehead atoms. The number of esters is 2. The van der Waals surface area contributed by atoms with Gasteiger partial charge in [0.2, 0.25) is 6.79 Å². The van der Waals surface area contributed by atoms with Gasteiger partial charge in [0, 0.05) is 18.9 Å². The maximum absolute atomic E-state index is 12.9. The SMILES string of the molecule is CO[C@H]1O[C@H](CO)[C@H](OC(=O)Nc2ccc3c(c2)OCO3)[C@@H]2OC(=O)[C@H](C)CC=CC[C@@H](C)C(=O)O[C@@H]12. The van der Waals surface area contributed by atoms with Gasteiger partial charge in [-0.25, -0.2) is 4.79 Å². The summed E-state index contributed by atoms with van der Waals surface area (Å²) in [7, 11) is 1.32. The quantitative estimate of drug-likeness (QED) is 0.341. The molecule has 7 atom stereocenters. The van der Waals surface area contributed by atoms with Crippen molar-refractivity contribution in [1.82, 2.24) is 0 Å². The summed E-state index contributed by atoms with van der Waals surface area (Å²) >= 11 is 0. The number of hydrogen-bond acceptors (Lipinski definition) is 11. The molecule has 12 heteroatoms. The first-order valence-electron chi connectivity index (χ1n) is 12.0. The van der Waals surface area contributed by atoms with Crippen LogP contribution in [-0.4, -0.2) is 74.4 Å². The third-order valence-corrected chi connectivity index (χ3v) is 6.32. The summed E-state index contributed by atoms with van der Waals surface area (Å²) in [6.07, 6.45) is -2.72. The summed E-state index contributed by atoms with van der Waals surface area (Å²) < 4.78 is 38.7. The van der Waals surface area contributed by atoms with Gasteiger partial charge in [-0.15, -0.1) is 0 Å². The van der Waals surface area contributed by atoms with Crippen LogP contribution in [0, 0.1) is 11.8 Å². The number of ether oxygens (including phenoxy) is 7. The second-order valence-corrected chi connectivity index (χ2v) is 9.07. The number of aliphatic hydroxyl groups excluding tert-OH is 1. The van der Waals surface area contributed by atoms with Gasteiger partial charge >= 0.3 is 18.0 Å². The van der Waals surface area contributed by atoms with Crippen molar-refractivity contribution in [3.8, 4) is 11.5 Å². The Hall–Kier alpha value is -3.35. The van der Waals surface area contributed by atoms with Gasteiger partial charge in [0.25, 0.3) is 0 Å². The number of rotatable bonds is 4. The topological polar surface area (TPSA) is 148 Å². The van der Waals surface area contributed by atoms with Gasteiger partial charge in [-0.1, -0.05) is 26.0 Å². The van der Waals surface area contributed by atoms with Gasteiger partial charge < -0.3 is 38.3 Å². The summed E-state index contributed by atoms with van der Waals surface area (Å²) in [6.45, 7) is 2.88. The number of nitrogens with one attached hydrogen (secondary N) is 1. The van der Waals surface area contributed by atoms with E-state index in [1.165, 1.54) is 7.11 Å². The van der Waals surface area contributed by atoms with E-state index in [9.17, 15) is 19.5 Å². The molecule has 3 aliphatic rings. The lowest BCUT2D eigenvalue weighted by molar-refractivity contribution is -0.300. The third-order valence-electron chi connectivity index (χ3n) is 6.32. The number of anilines is 1. The Morgan fingerprint density at radius 2 is 1.68 bits per heavy atom. The number of fused-ring (bicyclic) bond motifs is 2. The second kappa shape index (κ2) is 11.8. The van der Waals surface area contributed by atoms with Gasteiger partial charge in [0.05, 0.1) is 18.4 Å². The molecule has 3 aliphatic heterocycles. The summed E-state index contributed by atoms with van der Waals surface area (Å²) in [5.41, 5.74) is 0.356. The van der Waals surface area contributed by atoms with Crippen molar-refractivity contribution in [3.05, 3.63) is 30.4 Å². The molecule has 4 rings (SSSR count). The molecular formula is C25H31NO11. The highest BCUT2D eigenvalue weighted by Gasteiger charge is 2.53. The van der Waals surface area contributed by atoms with E-state index in [-0.39, 0.29) is 6.79 Å². The minimum Gasteiger partial charge on any atom is -0.454 e. The summed E-state index contributed by atoms with van der Waals surface area (Å²) in [5.74, 6) is -1.20. The number of aliphatic hydroxyl groups is 1. The van der Waals surface area contributed by atoms with Crippen LogP contribution in [0.1, 0.15) is 26.7 Å². The lowest BCUT2D eigenvalue weighted by Crippen LogP contribution is -2.63. The van der Waals surface area contributed by atoms with E-state index in [0.717, 1.165) is 0 Å². The van der Waals surface area contributed by atoms with Crippen LogP contribution >= 0.6 is 0 Å². The Morgan fingerprint density at radius 1 is 1.03 bits per heavy atom. The molecule has 3 heterocycles. The molecule has 1 aromatic carbocycles. The van der Waals surface area contributed by atoms with Crippen LogP contribution in [0.15, 0.2) is 30.4 Å². The zero-order valence-electron chi connectivity index (χ0n) is 20.8. The number of benzene rings is 1. The molecule has 1 fully saturated rings. The first kappa shape index (κ1) is 26.7. The molecular weight excluding hydrogens is 490 g/mol. The molecule has 12 nitrogen and oxygen atoms in total. The molecule has 0 saturated carbocycles. The van der Waals surface area contributed by atoms with E-state index >= 15 is 0 Å². The summed E-state index contributed by atoms with van der Waals surface area (Å²) in [5, 5.41) is 12.6. The van der Waals surface area contributed by atoms with Crippen molar-refractivity contribution in [2.45, 2.75) is 57.4 Å². The highest BCUT2D eigenvalue weighted by molar-refractivity contribution is 5.85. The maximum atomic E-state index is 12.9. The van der Waals surface area contributed by atoms with Crippen LogP contribution in [0.4, 0.5) is 10.5 Å². The number of carbonyl (C=O) groups excluding carboxylic acids is 3. The molecule has 37 heavy (non-hydrogen) atoms. The summed E-state index contributed by atoms with van der Waals surface area (Å²) in [6, 6.07) is 4.78. The fraction of sp³-hybridized carbons (Fsp3) is 0.560. The summed E-state index contributed by atoms with van der Waals surface area (Å²) in [4.78, 5) is 38.6. The average molecular weight is 522 g/mol. The van der Waals surface area contributed by atoms with Crippen molar-refractivity contribution in [2.75, 3.05) is 25.8 Å². The minimum atomic E-state index is -1.33. The van der Waals surface area contributed by atoms with Crippen LogP contribution in [0.25, 0.3) is 0 Å². The molecule has 0 aliphatic carbocycles. The fourth-order valence-corrected chi connectivity index (χ4v) is 4.16. The number of amides is 1. The van der Waals surface area contributed by atoms with E-state index in [1.807, 2.05) is 6.08 Å². The van der Waals surface area contributed by atoms with Gasteiger partial charge in [0.1, 0.15) is 6.10 Å². The maximum Gasteiger partial charge on any atom is 0.412 e. The van der Waals surface area contributed by atoms with E-state index in [4.69, 9.17) is 33.2 Å². The monoisotopic (exact) mass is 521 g/mol. The van der Waals surface area contributed by atoms with Crippen molar-refractivity contribution in [3.63, 3.8) is 0 Å². The zero-order chi connectivity index (χ0) is 26.5. The van der Waals surface area contributed by atoms with Gasteiger partial charge in [-0.3, -0.25) is 14.9 Å². The van der Waals surface area contributed by atoms with Gasteiger partial charge in [0.15, 0.2) is 36.1 Å². The number of methoxy groups -OCH3 is 1. The van der Waals surface area contributed by atoms with Crippen molar-refractivity contribution < 1.29 is 52.6 Å². The van der Waals surface area contributed by atoms with E-state index in [0.29, 0.717) is 30.0 Å². The van der Waals surface area contributed by atoms with E-state index < -0.39 is 67.2 Å². The molecule has 1 aromatic rings. The molecule has 0 radical (unpaired) electrons. The lowest BCUT2D eigenvalue weighted by atomic mass is 9.97. The first-order chi connectivity index (χ1) is 17.8. The normalized spacial score (nSPS) is 31.7. The van der Waals surface area contributed by atoms with Crippen LogP contribution in [0.2, 0.25) is 0 Å². The Labute approximate surface area is 213 Å². The zero-order valence-corrected chi connectivity index (χ0v) is 20.8. The fourth-order valence-electron chi connectivity index (χ4n) is 4.16. The van der Waals surface area contributed by atoms with Crippen LogP contribution < -0.4 is 14.8 Å². The minimum absolute atomic E-state index is 0.0709. The predicted molar refractivity (Wildman–Crippen MR) is 126 cm³/mol. The highest BCUT2D eigenvalue weighted by atomic mass is 16.7. The molecule has 1 amide bonds. The largest absolute Gasteiger partial charge is 0.454 e. The lowest BCUT2D eigenvalue weighted by Gasteiger charge is -2.44. The Morgan fingerprint density at radius 3 is 2.32 bits per heavy atom. The predicted octanol–water partition coefficient (Wildman–Crippen LogP) is 2.14. The molecule has 1 saturated heterocycles. The Bertz CT molecular complexity index is 1030. The Kier molecular flexibility index (Phi) is 8.52. The van der Waals surface area contributed by atoms with Gasteiger partial charge in [-0.05, 0) is 25.0 Å². The van der Waals surface area contributed by atoms with Crippen molar-refractivity contribution >= 4 is 23.7 Å². The van der Waals surface area contributed by atoms with Crippen molar-refractivity contribution in [2.24, 2.45) is 11.8 Å². The smallest absolute Gasteiger partial charge is 0.412 e. The molecule has 0 spiro atoms. The van der Waals surface area contributed by atoms with Crippen LogP contribution in [0.3, 0.4) is 0 Å². The third kappa shape index (κ3) is 6.14. The number of carbonyl (C=O) groups is 3. The van der Waals surface area contributed by atoms with Crippen molar-refractivity contribution in [1.29, 1.82) is 0 Å². The van der Waals surface area contributed by atoms with Gasteiger partial charge in [-0.2, -0.15) is 0 Å². The molecule has 0 unspecified atom stereocenters. The standard InChI is InChI=1S/C25H31NO11/c1-13-6-4-5-7-14(2)23(29)36-21-20(35-22(13)28)19(18(11-27)34-24(21)31-3)37-25(30)26-15-8-9-16-17(10-15)33-12-32-16/h4-5,8-10,13-14,18-21,24,27H,6-7,11-12H2,1-3H3,(H,26,30)/t13-,14-,18-,19+,20+,21-,24+/m1/s1. The number of allylic oxidation sites excluding steroid dienone is 2. The first-order valence-corrected chi connectivity index (χ1v) is 12.0. The number of hydrogen-bond donors (Lipinski definition) is 2. The molecule has 0 aromatic heterocycles. The van der Waals surface area contributed by atoms with Crippen LogP contribution in [0.5, 0.6) is 11.5 Å².